The first-order valence-electron chi connectivity index (χ1n) is 6.51. The first kappa shape index (κ1) is 16.6. The van der Waals surface area contributed by atoms with Crippen LogP contribution in [0.2, 0.25) is 0 Å². The smallest absolute Gasteiger partial charge is 0.397 e. The minimum absolute atomic E-state index is 0.0397. The van der Waals surface area contributed by atoms with E-state index >= 15 is 0 Å². The van der Waals surface area contributed by atoms with Crippen LogP contribution in [0.4, 0.5) is 23.2 Å². The summed E-state index contributed by atoms with van der Waals surface area (Å²) in [6.07, 6.45) is 1.18. The van der Waals surface area contributed by atoms with Crippen molar-refractivity contribution in [3.63, 3.8) is 0 Å². The number of hydrogen-bond donors (Lipinski definition) is 1. The zero-order valence-corrected chi connectivity index (χ0v) is 12.6. The molecule has 0 amide bonds. The predicted molar refractivity (Wildman–Crippen MR) is 73.0 cm³/mol. The van der Waals surface area contributed by atoms with Crippen LogP contribution in [0, 0.1) is 5.82 Å². The molecule has 0 atom stereocenters. The fourth-order valence-corrected chi connectivity index (χ4v) is 3.08. The standard InChI is InChI=1S/C11H10F4N6O2S/c12-7-3-6(16)4-17-9(7)10-18-8-5-20(1-2-21(8)19-10)24(22,23)11(13,14)15/h3-4H,1-2,5,16H2. The summed E-state index contributed by atoms with van der Waals surface area (Å²) < 4.78 is 76.0. The molecule has 24 heavy (non-hydrogen) atoms. The SMILES string of the molecule is Nc1cnc(-c2nc3n(n2)CCN(S(=O)(=O)C(F)(F)F)C3)c(F)c1. The lowest BCUT2D eigenvalue weighted by Crippen LogP contribution is -2.44. The first-order valence-corrected chi connectivity index (χ1v) is 7.95. The lowest BCUT2D eigenvalue weighted by molar-refractivity contribution is -0.0496. The molecule has 13 heteroatoms. The van der Waals surface area contributed by atoms with Gasteiger partial charge in [0.2, 0.25) is 5.82 Å². The summed E-state index contributed by atoms with van der Waals surface area (Å²) in [5.41, 5.74) is -0.159. The van der Waals surface area contributed by atoms with E-state index in [1.165, 1.54) is 10.9 Å². The van der Waals surface area contributed by atoms with Crippen molar-refractivity contribution in [3.8, 4) is 11.5 Å². The van der Waals surface area contributed by atoms with E-state index in [1.54, 1.807) is 0 Å². The molecule has 0 aliphatic carbocycles. The molecule has 0 spiro atoms. The van der Waals surface area contributed by atoms with Gasteiger partial charge in [-0.15, -0.1) is 5.10 Å². The maximum absolute atomic E-state index is 13.8. The molecule has 1 aliphatic rings. The molecule has 0 aromatic carbocycles. The topological polar surface area (TPSA) is 107 Å². The van der Waals surface area contributed by atoms with Crippen LogP contribution in [0.5, 0.6) is 0 Å². The van der Waals surface area contributed by atoms with Gasteiger partial charge in [0.05, 0.1) is 25.0 Å². The van der Waals surface area contributed by atoms with Crippen LogP contribution in [0.3, 0.4) is 0 Å². The fourth-order valence-electron chi connectivity index (χ4n) is 2.18. The molecule has 2 aromatic rings. The number of anilines is 1. The third kappa shape index (κ3) is 2.69. The number of nitrogens with zero attached hydrogens (tertiary/aromatic N) is 5. The van der Waals surface area contributed by atoms with Gasteiger partial charge in [-0.2, -0.15) is 17.5 Å². The van der Waals surface area contributed by atoms with Gasteiger partial charge in [-0.3, -0.25) is 0 Å². The highest BCUT2D eigenvalue weighted by Gasteiger charge is 2.50. The molecular weight excluding hydrogens is 356 g/mol. The highest BCUT2D eigenvalue weighted by molar-refractivity contribution is 7.89. The monoisotopic (exact) mass is 366 g/mol. The summed E-state index contributed by atoms with van der Waals surface area (Å²) in [6, 6.07) is 1.00. The van der Waals surface area contributed by atoms with Crippen LogP contribution < -0.4 is 5.73 Å². The molecule has 0 fully saturated rings. The van der Waals surface area contributed by atoms with Crippen molar-refractivity contribution in [2.24, 2.45) is 0 Å². The van der Waals surface area contributed by atoms with E-state index in [0.29, 0.717) is 0 Å². The lowest BCUT2D eigenvalue weighted by Gasteiger charge is -2.26. The summed E-state index contributed by atoms with van der Waals surface area (Å²) in [7, 11) is -5.47. The van der Waals surface area contributed by atoms with E-state index in [4.69, 9.17) is 5.73 Å². The molecule has 2 aromatic heterocycles. The van der Waals surface area contributed by atoms with E-state index in [-0.39, 0.29) is 33.9 Å². The Morgan fingerprint density at radius 3 is 2.58 bits per heavy atom. The second kappa shape index (κ2) is 5.37. The Kier molecular flexibility index (Phi) is 3.71. The quantitative estimate of drug-likeness (QED) is 0.785. The van der Waals surface area contributed by atoms with Crippen molar-refractivity contribution >= 4 is 15.7 Å². The summed E-state index contributed by atoms with van der Waals surface area (Å²) in [4.78, 5) is 7.64. The van der Waals surface area contributed by atoms with Gasteiger partial charge in [0.1, 0.15) is 11.5 Å². The van der Waals surface area contributed by atoms with Gasteiger partial charge >= 0.3 is 15.5 Å². The predicted octanol–water partition coefficient (Wildman–Crippen LogP) is 0.727. The van der Waals surface area contributed by atoms with Crippen molar-refractivity contribution in [2.45, 2.75) is 18.6 Å². The summed E-state index contributed by atoms with van der Waals surface area (Å²) in [5, 5.41) is 3.95. The number of aromatic nitrogens is 4. The highest BCUT2D eigenvalue weighted by Crippen LogP contribution is 2.29. The maximum Gasteiger partial charge on any atom is 0.511 e. The molecule has 0 saturated carbocycles. The Morgan fingerprint density at radius 2 is 1.96 bits per heavy atom. The molecule has 8 nitrogen and oxygen atoms in total. The number of fused-ring (bicyclic) bond motifs is 1. The van der Waals surface area contributed by atoms with Crippen molar-refractivity contribution < 1.29 is 26.0 Å². The number of sulfonamides is 1. The second-order valence-electron chi connectivity index (χ2n) is 4.96. The molecule has 0 radical (unpaired) electrons. The lowest BCUT2D eigenvalue weighted by atomic mass is 10.3. The Bertz CT molecular complexity index is 894. The van der Waals surface area contributed by atoms with Crippen LogP contribution in [0.25, 0.3) is 11.5 Å². The fraction of sp³-hybridized carbons (Fsp3) is 0.364. The normalized spacial score (nSPS) is 16.2. The van der Waals surface area contributed by atoms with Gasteiger partial charge in [0.25, 0.3) is 0 Å². The van der Waals surface area contributed by atoms with E-state index in [1.807, 2.05) is 0 Å². The number of hydrogen-bond acceptors (Lipinski definition) is 6. The van der Waals surface area contributed by atoms with Crippen molar-refractivity contribution in [3.05, 3.63) is 23.9 Å². The molecule has 3 heterocycles. The van der Waals surface area contributed by atoms with Crippen LogP contribution in [-0.2, 0) is 23.1 Å². The van der Waals surface area contributed by atoms with Crippen LogP contribution in [0.15, 0.2) is 12.3 Å². The van der Waals surface area contributed by atoms with E-state index in [2.05, 4.69) is 15.1 Å². The molecule has 2 N–H and O–H groups in total. The number of rotatable bonds is 2. The molecule has 130 valence electrons. The Hall–Kier alpha value is -2.28. The molecule has 0 unspecified atom stereocenters. The van der Waals surface area contributed by atoms with Crippen molar-refractivity contribution in [1.82, 2.24) is 24.1 Å². The van der Waals surface area contributed by atoms with Crippen LogP contribution in [0.1, 0.15) is 5.82 Å². The van der Waals surface area contributed by atoms with Gasteiger partial charge in [-0.25, -0.2) is 27.5 Å². The Labute approximate surface area is 133 Å². The summed E-state index contributed by atoms with van der Waals surface area (Å²) in [5.74, 6) is -0.992. The second-order valence-corrected chi connectivity index (χ2v) is 6.89. The molecule has 0 saturated heterocycles. The maximum atomic E-state index is 13.8. The van der Waals surface area contributed by atoms with Crippen molar-refractivity contribution in [2.75, 3.05) is 12.3 Å². The summed E-state index contributed by atoms with van der Waals surface area (Å²) in [6.45, 7) is -1.19. The number of halogens is 4. The van der Waals surface area contributed by atoms with Gasteiger partial charge in [-0.05, 0) is 0 Å². The van der Waals surface area contributed by atoms with Crippen LogP contribution >= 0.6 is 0 Å². The van der Waals surface area contributed by atoms with Gasteiger partial charge in [-0.1, -0.05) is 0 Å². The highest BCUT2D eigenvalue weighted by atomic mass is 32.2. The van der Waals surface area contributed by atoms with Crippen LogP contribution in [-0.4, -0.2) is 44.5 Å². The number of nitrogens with two attached hydrogens (primary N) is 1. The minimum atomic E-state index is -5.47. The average Bonchev–Trinajstić information content (AvgIpc) is 2.88. The van der Waals surface area contributed by atoms with Gasteiger partial charge in [0.15, 0.2) is 5.82 Å². The number of pyridine rings is 1. The summed E-state index contributed by atoms with van der Waals surface area (Å²) >= 11 is 0. The molecule has 1 aliphatic heterocycles. The largest absolute Gasteiger partial charge is 0.511 e. The number of alkyl halides is 3. The zero-order chi connectivity index (χ0) is 17.7. The number of nitrogen functional groups attached to an aromatic ring is 1. The molecule has 3 rings (SSSR count). The van der Waals surface area contributed by atoms with Crippen molar-refractivity contribution in [1.29, 1.82) is 0 Å². The van der Waals surface area contributed by atoms with Gasteiger partial charge < -0.3 is 5.73 Å². The Balaban J connectivity index is 1.93. The third-order valence-corrected chi connectivity index (χ3v) is 4.91. The zero-order valence-electron chi connectivity index (χ0n) is 11.8. The van der Waals surface area contributed by atoms with Gasteiger partial charge in [0, 0.05) is 12.6 Å². The third-order valence-electron chi connectivity index (χ3n) is 3.33. The Morgan fingerprint density at radius 1 is 1.25 bits per heavy atom. The minimum Gasteiger partial charge on any atom is -0.397 e. The van der Waals surface area contributed by atoms with E-state index in [9.17, 15) is 26.0 Å². The van der Waals surface area contributed by atoms with E-state index < -0.39 is 34.4 Å². The van der Waals surface area contributed by atoms with E-state index in [0.717, 1.165) is 6.07 Å². The average molecular weight is 366 g/mol. The molecule has 0 bridgehead atoms. The molecular formula is C11H10F4N6O2S. The first-order chi connectivity index (χ1) is 11.1.